The number of esters is 1. The van der Waals surface area contributed by atoms with E-state index in [1.165, 1.54) is 18.2 Å². The van der Waals surface area contributed by atoms with Crippen LogP contribution in [0.3, 0.4) is 0 Å². The van der Waals surface area contributed by atoms with E-state index >= 15 is 0 Å². The summed E-state index contributed by atoms with van der Waals surface area (Å²) >= 11 is 0. The third-order valence-electron chi connectivity index (χ3n) is 2.58. The van der Waals surface area contributed by atoms with Gasteiger partial charge in [0.2, 0.25) is 0 Å². The highest BCUT2D eigenvalue weighted by Crippen LogP contribution is 2.14. The number of carbonyl (C=O) groups excluding carboxylic acids is 2. The van der Waals surface area contributed by atoms with E-state index < -0.39 is 0 Å². The maximum absolute atomic E-state index is 12.9. The molecule has 0 radical (unpaired) electrons. The second-order valence-electron chi connectivity index (χ2n) is 4.04. The zero-order valence-corrected chi connectivity index (χ0v) is 10.7. The minimum atomic E-state index is -0.351. The largest absolute Gasteiger partial charge is 0.466 e. The molecule has 0 spiro atoms. The van der Waals surface area contributed by atoms with Crippen LogP contribution in [0, 0.1) is 12.7 Å². The van der Waals surface area contributed by atoms with Gasteiger partial charge in [0.05, 0.1) is 6.61 Å². The highest BCUT2D eigenvalue weighted by Gasteiger charge is 2.11. The van der Waals surface area contributed by atoms with Gasteiger partial charge < -0.3 is 4.74 Å². The Bertz CT molecular complexity index is 441. The Labute approximate surface area is 106 Å². The fraction of sp³-hybridized carbons (Fsp3) is 0.429. The zero-order chi connectivity index (χ0) is 13.5. The first-order valence-electron chi connectivity index (χ1n) is 5.99. The van der Waals surface area contributed by atoms with Gasteiger partial charge in [0.25, 0.3) is 0 Å². The predicted molar refractivity (Wildman–Crippen MR) is 66.0 cm³/mol. The second-order valence-corrected chi connectivity index (χ2v) is 4.04. The van der Waals surface area contributed by atoms with Crippen molar-refractivity contribution in [3.05, 3.63) is 35.1 Å². The van der Waals surface area contributed by atoms with Crippen molar-refractivity contribution in [2.75, 3.05) is 6.61 Å². The number of hydrogen-bond donors (Lipinski definition) is 0. The molecule has 0 fully saturated rings. The molecule has 0 saturated carbocycles. The monoisotopic (exact) mass is 252 g/mol. The fourth-order valence-corrected chi connectivity index (χ4v) is 1.70. The van der Waals surface area contributed by atoms with E-state index in [0.29, 0.717) is 24.2 Å². The molecule has 0 aromatic heterocycles. The summed E-state index contributed by atoms with van der Waals surface area (Å²) in [5.41, 5.74) is 1.14. The van der Waals surface area contributed by atoms with Gasteiger partial charge in [0.15, 0.2) is 5.78 Å². The molecule has 3 nitrogen and oxygen atoms in total. The van der Waals surface area contributed by atoms with Gasteiger partial charge in [-0.25, -0.2) is 4.39 Å². The molecule has 0 aliphatic carbocycles. The quantitative estimate of drug-likeness (QED) is 0.577. The van der Waals surface area contributed by atoms with Gasteiger partial charge >= 0.3 is 5.97 Å². The van der Waals surface area contributed by atoms with Gasteiger partial charge in [0, 0.05) is 18.4 Å². The van der Waals surface area contributed by atoms with Crippen LogP contribution in [0.25, 0.3) is 0 Å². The lowest BCUT2D eigenvalue weighted by molar-refractivity contribution is -0.143. The fourth-order valence-electron chi connectivity index (χ4n) is 1.70. The molecule has 0 amide bonds. The van der Waals surface area contributed by atoms with Crippen molar-refractivity contribution in [1.29, 1.82) is 0 Å². The Morgan fingerprint density at radius 2 is 2.00 bits per heavy atom. The molecule has 18 heavy (non-hydrogen) atoms. The van der Waals surface area contributed by atoms with Crippen LogP contribution in [-0.4, -0.2) is 18.4 Å². The molecular weight excluding hydrogens is 235 g/mol. The molecule has 0 saturated heterocycles. The number of carbonyl (C=O) groups is 2. The molecule has 0 bridgehead atoms. The highest BCUT2D eigenvalue weighted by atomic mass is 19.1. The van der Waals surface area contributed by atoms with Crippen LogP contribution in [0.4, 0.5) is 4.39 Å². The Morgan fingerprint density at radius 3 is 2.61 bits per heavy atom. The molecule has 1 aromatic carbocycles. The van der Waals surface area contributed by atoms with Crippen LogP contribution >= 0.6 is 0 Å². The van der Waals surface area contributed by atoms with Crippen molar-refractivity contribution in [2.24, 2.45) is 0 Å². The maximum atomic E-state index is 12.9. The molecule has 1 rings (SSSR count). The van der Waals surface area contributed by atoms with Gasteiger partial charge in [-0.15, -0.1) is 0 Å². The van der Waals surface area contributed by atoms with Gasteiger partial charge in [-0.3, -0.25) is 9.59 Å². The van der Waals surface area contributed by atoms with E-state index in [2.05, 4.69) is 0 Å². The third-order valence-corrected chi connectivity index (χ3v) is 2.58. The van der Waals surface area contributed by atoms with Crippen LogP contribution in [0.1, 0.15) is 42.1 Å². The van der Waals surface area contributed by atoms with Crippen LogP contribution in [-0.2, 0) is 9.53 Å². The first kappa shape index (κ1) is 14.4. The predicted octanol–water partition coefficient (Wildman–Crippen LogP) is 3.05. The van der Waals surface area contributed by atoms with E-state index in [4.69, 9.17) is 4.74 Å². The van der Waals surface area contributed by atoms with Crippen molar-refractivity contribution < 1.29 is 18.7 Å². The minimum absolute atomic E-state index is 0.0724. The first-order valence-corrected chi connectivity index (χ1v) is 5.99. The topological polar surface area (TPSA) is 43.4 Å². The number of aryl methyl sites for hydroxylation is 1. The van der Waals surface area contributed by atoms with Gasteiger partial charge in [-0.05, 0) is 44.0 Å². The Kier molecular flexibility index (Phi) is 5.49. The number of halogens is 1. The van der Waals surface area contributed by atoms with Crippen molar-refractivity contribution in [1.82, 2.24) is 0 Å². The summed E-state index contributed by atoms with van der Waals surface area (Å²) < 4.78 is 17.7. The van der Waals surface area contributed by atoms with Crippen LogP contribution in [0.2, 0.25) is 0 Å². The summed E-state index contributed by atoms with van der Waals surface area (Å²) in [6.07, 6.45) is 0.958. The number of Topliss-reactive ketones (excluding diaryl/α,β-unsaturated/α-hetero) is 1. The molecular formula is C14H17FO3. The summed E-state index contributed by atoms with van der Waals surface area (Å²) in [5.74, 6) is -0.714. The summed E-state index contributed by atoms with van der Waals surface area (Å²) in [6.45, 7) is 3.79. The van der Waals surface area contributed by atoms with E-state index in [9.17, 15) is 14.0 Å². The molecule has 0 heterocycles. The van der Waals surface area contributed by atoms with Crippen molar-refractivity contribution >= 4 is 11.8 Å². The van der Waals surface area contributed by atoms with E-state index in [1.54, 1.807) is 13.8 Å². The minimum Gasteiger partial charge on any atom is -0.466 e. The molecule has 98 valence electrons. The van der Waals surface area contributed by atoms with Crippen molar-refractivity contribution in [2.45, 2.75) is 33.1 Å². The standard InChI is InChI=1S/C14H17FO3/c1-3-18-14(17)6-4-5-13(16)12-8-7-11(15)9-10(12)2/h7-9H,3-6H2,1-2H3. The van der Waals surface area contributed by atoms with Crippen molar-refractivity contribution in [3.8, 4) is 0 Å². The summed E-state index contributed by atoms with van der Waals surface area (Å²) in [5, 5.41) is 0. The number of ketones is 1. The molecule has 0 aliphatic heterocycles. The number of ether oxygens (including phenoxy) is 1. The van der Waals surface area contributed by atoms with E-state index in [-0.39, 0.29) is 30.4 Å². The Balaban J connectivity index is 2.48. The second kappa shape index (κ2) is 6.89. The first-order chi connectivity index (χ1) is 8.54. The average molecular weight is 252 g/mol. The van der Waals surface area contributed by atoms with Gasteiger partial charge in [0.1, 0.15) is 5.82 Å². The third kappa shape index (κ3) is 4.28. The Hall–Kier alpha value is -1.71. The number of benzene rings is 1. The van der Waals surface area contributed by atoms with Crippen molar-refractivity contribution in [3.63, 3.8) is 0 Å². The molecule has 0 unspecified atom stereocenters. The van der Waals surface area contributed by atoms with Crippen LogP contribution in [0.5, 0.6) is 0 Å². The van der Waals surface area contributed by atoms with E-state index in [0.717, 1.165) is 0 Å². The molecule has 0 N–H and O–H groups in total. The molecule has 0 aliphatic rings. The zero-order valence-electron chi connectivity index (χ0n) is 10.7. The highest BCUT2D eigenvalue weighted by molar-refractivity contribution is 5.97. The maximum Gasteiger partial charge on any atom is 0.305 e. The molecule has 4 heteroatoms. The average Bonchev–Trinajstić information content (AvgIpc) is 2.29. The SMILES string of the molecule is CCOC(=O)CCCC(=O)c1ccc(F)cc1C. The van der Waals surface area contributed by atoms with E-state index in [1.807, 2.05) is 0 Å². The van der Waals surface area contributed by atoms with Gasteiger partial charge in [-0.1, -0.05) is 0 Å². The molecule has 1 aromatic rings. The smallest absolute Gasteiger partial charge is 0.305 e. The van der Waals surface area contributed by atoms with Gasteiger partial charge in [-0.2, -0.15) is 0 Å². The lowest BCUT2D eigenvalue weighted by atomic mass is 10.0. The molecule has 0 atom stereocenters. The lowest BCUT2D eigenvalue weighted by Crippen LogP contribution is -2.06. The number of hydrogen-bond acceptors (Lipinski definition) is 3. The Morgan fingerprint density at radius 1 is 1.28 bits per heavy atom. The van der Waals surface area contributed by atoms with Crippen LogP contribution < -0.4 is 0 Å². The summed E-state index contributed by atoms with van der Waals surface area (Å²) in [4.78, 5) is 22.9. The lowest BCUT2D eigenvalue weighted by Gasteiger charge is -2.05. The summed E-state index contributed by atoms with van der Waals surface area (Å²) in [6, 6.07) is 4.08. The van der Waals surface area contributed by atoms with Crippen LogP contribution in [0.15, 0.2) is 18.2 Å². The summed E-state index contributed by atoms with van der Waals surface area (Å²) in [7, 11) is 0. The number of rotatable bonds is 6. The normalized spacial score (nSPS) is 10.2.